The van der Waals surface area contributed by atoms with Crippen LogP contribution in [0.5, 0.6) is 0 Å². The van der Waals surface area contributed by atoms with E-state index in [0.29, 0.717) is 12.6 Å². The van der Waals surface area contributed by atoms with Gasteiger partial charge in [0, 0.05) is 19.7 Å². The van der Waals surface area contributed by atoms with E-state index in [2.05, 4.69) is 24.7 Å². The van der Waals surface area contributed by atoms with E-state index in [0.717, 1.165) is 13.2 Å². The molecule has 0 atom stereocenters. The first kappa shape index (κ1) is 10.5. The van der Waals surface area contributed by atoms with Crippen LogP contribution in [0.3, 0.4) is 0 Å². The van der Waals surface area contributed by atoms with E-state index in [-0.39, 0.29) is 0 Å². The summed E-state index contributed by atoms with van der Waals surface area (Å²) in [6.45, 7) is 6.64. The Morgan fingerprint density at radius 1 is 1.55 bits per heavy atom. The van der Waals surface area contributed by atoms with Gasteiger partial charge in [-0.15, -0.1) is 6.42 Å². The Morgan fingerprint density at radius 2 is 2.18 bits per heavy atom. The van der Waals surface area contributed by atoms with Gasteiger partial charge in [0.2, 0.25) is 0 Å². The fourth-order valence-electron chi connectivity index (χ4n) is 0.846. The lowest BCUT2D eigenvalue weighted by Crippen LogP contribution is -2.34. The predicted molar refractivity (Wildman–Crippen MR) is 47.4 cm³/mol. The summed E-state index contributed by atoms with van der Waals surface area (Å²) in [7, 11) is 1.70. The molecule has 0 heterocycles. The lowest BCUT2D eigenvalue weighted by molar-refractivity contribution is 0.139. The van der Waals surface area contributed by atoms with Crippen molar-refractivity contribution in [3.8, 4) is 12.3 Å². The average Bonchev–Trinajstić information content (AvgIpc) is 1.97. The molecule has 0 spiro atoms. The normalized spacial score (nSPS) is 10.5. The summed E-state index contributed by atoms with van der Waals surface area (Å²) >= 11 is 0. The van der Waals surface area contributed by atoms with Gasteiger partial charge in [0.15, 0.2) is 0 Å². The molecule has 0 radical (unpaired) electrons. The van der Waals surface area contributed by atoms with E-state index in [1.165, 1.54) is 0 Å². The van der Waals surface area contributed by atoms with Crippen molar-refractivity contribution in [3.05, 3.63) is 0 Å². The van der Waals surface area contributed by atoms with Crippen LogP contribution in [0, 0.1) is 12.3 Å². The van der Waals surface area contributed by atoms with Gasteiger partial charge in [-0.25, -0.2) is 0 Å². The van der Waals surface area contributed by atoms with Gasteiger partial charge in [-0.2, -0.15) is 0 Å². The summed E-state index contributed by atoms with van der Waals surface area (Å²) in [5.41, 5.74) is 0. The summed E-state index contributed by atoms with van der Waals surface area (Å²) in [6, 6.07) is 0.501. The SMILES string of the molecule is C#CCN(CCOC)C(C)C. The smallest absolute Gasteiger partial charge is 0.0601 e. The Balaban J connectivity index is 3.62. The van der Waals surface area contributed by atoms with E-state index in [1.807, 2.05) is 0 Å². The maximum atomic E-state index is 5.21. The quantitative estimate of drug-likeness (QED) is 0.549. The van der Waals surface area contributed by atoms with Crippen LogP contribution in [0.15, 0.2) is 0 Å². The van der Waals surface area contributed by atoms with Crippen molar-refractivity contribution in [1.29, 1.82) is 0 Å². The van der Waals surface area contributed by atoms with Gasteiger partial charge in [-0.05, 0) is 13.8 Å². The summed E-state index contributed by atoms with van der Waals surface area (Å²) < 4.78 is 4.96. The number of ether oxygens (including phenoxy) is 1. The van der Waals surface area contributed by atoms with E-state index in [1.54, 1.807) is 7.11 Å². The zero-order chi connectivity index (χ0) is 8.69. The van der Waals surface area contributed by atoms with Crippen LogP contribution in [0.2, 0.25) is 0 Å². The zero-order valence-electron chi connectivity index (χ0n) is 7.63. The average molecular weight is 155 g/mol. The van der Waals surface area contributed by atoms with Crippen molar-refractivity contribution in [2.45, 2.75) is 19.9 Å². The van der Waals surface area contributed by atoms with Crippen LogP contribution in [0.1, 0.15) is 13.8 Å². The summed E-state index contributed by atoms with van der Waals surface area (Å²) in [5.74, 6) is 2.63. The standard InChI is InChI=1S/C9H17NO/c1-5-6-10(9(2)3)7-8-11-4/h1,9H,6-8H2,2-4H3. The van der Waals surface area contributed by atoms with Gasteiger partial charge >= 0.3 is 0 Å². The zero-order valence-corrected chi connectivity index (χ0v) is 7.63. The Labute approximate surface area is 69.5 Å². The molecule has 0 saturated heterocycles. The molecule has 0 unspecified atom stereocenters. The van der Waals surface area contributed by atoms with Gasteiger partial charge < -0.3 is 4.74 Å². The van der Waals surface area contributed by atoms with E-state index < -0.39 is 0 Å². The van der Waals surface area contributed by atoms with Gasteiger partial charge in [-0.1, -0.05) is 5.92 Å². The van der Waals surface area contributed by atoms with Crippen molar-refractivity contribution in [3.63, 3.8) is 0 Å². The predicted octanol–water partition coefficient (Wildman–Crippen LogP) is 0.976. The van der Waals surface area contributed by atoms with Crippen LogP contribution >= 0.6 is 0 Å². The second-order valence-electron chi connectivity index (χ2n) is 2.76. The summed E-state index contributed by atoms with van der Waals surface area (Å²) in [4.78, 5) is 2.20. The van der Waals surface area contributed by atoms with Crippen molar-refractivity contribution in [2.75, 3.05) is 26.8 Å². The minimum absolute atomic E-state index is 0.501. The second-order valence-corrected chi connectivity index (χ2v) is 2.76. The molecule has 0 N–H and O–H groups in total. The van der Waals surface area contributed by atoms with E-state index >= 15 is 0 Å². The third-order valence-corrected chi connectivity index (χ3v) is 1.61. The highest BCUT2D eigenvalue weighted by Crippen LogP contribution is 1.95. The van der Waals surface area contributed by atoms with Crippen LogP contribution in [0.4, 0.5) is 0 Å². The maximum absolute atomic E-state index is 5.21. The Hall–Kier alpha value is -0.520. The van der Waals surface area contributed by atoms with Gasteiger partial charge in [0.05, 0.1) is 13.2 Å². The highest BCUT2D eigenvalue weighted by atomic mass is 16.5. The first-order chi connectivity index (χ1) is 5.22. The van der Waals surface area contributed by atoms with Crippen LogP contribution in [-0.4, -0.2) is 37.7 Å². The topological polar surface area (TPSA) is 12.5 Å². The van der Waals surface area contributed by atoms with Gasteiger partial charge in [-0.3, -0.25) is 4.90 Å². The number of hydrogen-bond acceptors (Lipinski definition) is 2. The number of nitrogens with zero attached hydrogens (tertiary/aromatic N) is 1. The van der Waals surface area contributed by atoms with Crippen LogP contribution in [0.25, 0.3) is 0 Å². The Bertz CT molecular complexity index is 126. The van der Waals surface area contributed by atoms with Crippen molar-refractivity contribution >= 4 is 0 Å². The summed E-state index contributed by atoms with van der Waals surface area (Å²) in [5, 5.41) is 0. The third kappa shape index (κ3) is 4.83. The molecule has 2 heteroatoms. The highest BCUT2D eigenvalue weighted by Gasteiger charge is 2.05. The van der Waals surface area contributed by atoms with Crippen molar-refractivity contribution in [1.82, 2.24) is 4.90 Å². The van der Waals surface area contributed by atoms with Crippen LogP contribution in [-0.2, 0) is 4.74 Å². The van der Waals surface area contributed by atoms with Crippen LogP contribution < -0.4 is 0 Å². The van der Waals surface area contributed by atoms with Crippen molar-refractivity contribution < 1.29 is 4.74 Å². The minimum atomic E-state index is 0.501. The number of rotatable bonds is 5. The Morgan fingerprint density at radius 3 is 2.55 bits per heavy atom. The summed E-state index contributed by atoms with van der Waals surface area (Å²) in [6.07, 6.45) is 5.21. The molecule has 64 valence electrons. The first-order valence-corrected chi connectivity index (χ1v) is 3.88. The van der Waals surface area contributed by atoms with E-state index in [4.69, 9.17) is 11.2 Å². The first-order valence-electron chi connectivity index (χ1n) is 3.88. The number of methoxy groups -OCH3 is 1. The fourth-order valence-corrected chi connectivity index (χ4v) is 0.846. The molecule has 0 aliphatic heterocycles. The number of hydrogen-bond donors (Lipinski definition) is 0. The van der Waals surface area contributed by atoms with Gasteiger partial charge in [0.25, 0.3) is 0 Å². The molecule has 0 aromatic rings. The fraction of sp³-hybridized carbons (Fsp3) is 0.778. The molecule has 0 aliphatic rings. The maximum Gasteiger partial charge on any atom is 0.0601 e. The number of terminal acetylenes is 1. The highest BCUT2D eigenvalue weighted by molar-refractivity contribution is 4.88. The monoisotopic (exact) mass is 155 g/mol. The molecule has 0 aliphatic carbocycles. The molecule has 0 amide bonds. The Kier molecular flexibility index (Phi) is 5.91. The second kappa shape index (κ2) is 6.21. The lowest BCUT2D eigenvalue weighted by Gasteiger charge is -2.23. The molecule has 11 heavy (non-hydrogen) atoms. The molecular weight excluding hydrogens is 138 g/mol. The largest absolute Gasteiger partial charge is 0.383 e. The molecule has 0 fully saturated rings. The minimum Gasteiger partial charge on any atom is -0.383 e. The molecule has 0 rings (SSSR count). The molecule has 0 aromatic carbocycles. The lowest BCUT2D eigenvalue weighted by atomic mass is 10.3. The molecular formula is C9H17NO. The van der Waals surface area contributed by atoms with Gasteiger partial charge in [0.1, 0.15) is 0 Å². The molecule has 0 aromatic heterocycles. The molecule has 0 bridgehead atoms. The van der Waals surface area contributed by atoms with E-state index in [9.17, 15) is 0 Å². The third-order valence-electron chi connectivity index (χ3n) is 1.61. The molecule has 2 nitrogen and oxygen atoms in total. The van der Waals surface area contributed by atoms with Crippen molar-refractivity contribution in [2.24, 2.45) is 0 Å². The molecule has 0 saturated carbocycles.